The lowest BCUT2D eigenvalue weighted by atomic mass is 10.0. The number of hydrogen-bond donors (Lipinski definition) is 3. The van der Waals surface area contributed by atoms with Crippen molar-refractivity contribution in [1.82, 2.24) is 15.1 Å². The van der Waals surface area contributed by atoms with Crippen molar-refractivity contribution in [1.29, 1.82) is 0 Å². The highest BCUT2D eigenvalue weighted by Gasteiger charge is 2.12. The molecule has 0 saturated carbocycles. The summed E-state index contributed by atoms with van der Waals surface area (Å²) in [6, 6.07) is 13.4. The zero-order valence-corrected chi connectivity index (χ0v) is 14.2. The van der Waals surface area contributed by atoms with Gasteiger partial charge in [-0.25, -0.2) is 0 Å². The van der Waals surface area contributed by atoms with Crippen LogP contribution in [0.1, 0.15) is 15.9 Å². The average Bonchev–Trinajstić information content (AvgIpc) is 2.95. The van der Waals surface area contributed by atoms with E-state index in [1.165, 1.54) is 5.56 Å². The van der Waals surface area contributed by atoms with E-state index in [1.54, 1.807) is 12.1 Å². The summed E-state index contributed by atoms with van der Waals surface area (Å²) in [5.41, 5.74) is 4.53. The van der Waals surface area contributed by atoms with Crippen LogP contribution >= 0.6 is 0 Å². The maximum Gasteiger partial charge on any atom is 0.251 e. The smallest absolute Gasteiger partial charge is 0.251 e. The first kappa shape index (κ1) is 17.1. The lowest BCUT2D eigenvalue weighted by Gasteiger charge is -2.09. The number of amides is 1. The number of aryl methyl sites for hydroxylation is 2. The Morgan fingerprint density at radius 1 is 1.24 bits per heavy atom. The van der Waals surface area contributed by atoms with E-state index in [-0.39, 0.29) is 19.1 Å². The van der Waals surface area contributed by atoms with Gasteiger partial charge in [-0.2, -0.15) is 5.10 Å². The molecule has 0 aliphatic carbocycles. The maximum atomic E-state index is 12.1. The fourth-order valence-electron chi connectivity index (χ4n) is 2.75. The number of hydrogen-bond acceptors (Lipinski definition) is 4. The Labute approximate surface area is 145 Å². The second-order valence-electron chi connectivity index (χ2n) is 6.12. The molecule has 0 unspecified atom stereocenters. The number of nitrogens with one attached hydrogen (secondary N) is 1. The van der Waals surface area contributed by atoms with Gasteiger partial charge in [-0.05, 0) is 31.2 Å². The van der Waals surface area contributed by atoms with E-state index in [0.29, 0.717) is 5.56 Å². The van der Waals surface area contributed by atoms with E-state index in [4.69, 9.17) is 5.11 Å². The Balaban J connectivity index is 1.86. The van der Waals surface area contributed by atoms with E-state index in [2.05, 4.69) is 28.6 Å². The molecule has 3 rings (SSSR count). The summed E-state index contributed by atoms with van der Waals surface area (Å²) in [7, 11) is 1.91. The zero-order chi connectivity index (χ0) is 18.0. The van der Waals surface area contributed by atoms with Gasteiger partial charge in [0, 0.05) is 30.1 Å². The normalized spacial score (nSPS) is 12.3. The molecule has 6 heteroatoms. The van der Waals surface area contributed by atoms with Crippen molar-refractivity contribution < 1.29 is 15.0 Å². The summed E-state index contributed by atoms with van der Waals surface area (Å²) in [6.45, 7) is 1.68. The van der Waals surface area contributed by atoms with E-state index in [9.17, 15) is 9.90 Å². The van der Waals surface area contributed by atoms with Crippen LogP contribution in [0, 0.1) is 6.92 Å². The molecule has 0 radical (unpaired) electrons. The Kier molecular flexibility index (Phi) is 4.83. The van der Waals surface area contributed by atoms with Crippen LogP contribution in [0.5, 0.6) is 0 Å². The molecule has 2 aromatic carbocycles. The zero-order valence-electron chi connectivity index (χ0n) is 14.2. The molecule has 0 aliphatic heterocycles. The summed E-state index contributed by atoms with van der Waals surface area (Å²) >= 11 is 0. The SMILES string of the molecule is Cc1ccc2c(c1)c(-c1ccc(C(=O)NC[C@@H](O)CO)cc1)nn2C. The Morgan fingerprint density at radius 2 is 1.96 bits per heavy atom. The van der Waals surface area contributed by atoms with Crippen molar-refractivity contribution in [3.05, 3.63) is 53.6 Å². The Hall–Kier alpha value is -2.70. The third-order valence-electron chi connectivity index (χ3n) is 4.14. The van der Waals surface area contributed by atoms with Crippen LogP contribution in [0.3, 0.4) is 0 Å². The van der Waals surface area contributed by atoms with Crippen molar-refractivity contribution in [2.24, 2.45) is 7.05 Å². The van der Waals surface area contributed by atoms with Crippen molar-refractivity contribution in [3.8, 4) is 11.3 Å². The third kappa shape index (κ3) is 3.55. The Bertz CT molecular complexity index is 900. The van der Waals surface area contributed by atoms with Crippen molar-refractivity contribution in [3.63, 3.8) is 0 Å². The van der Waals surface area contributed by atoms with Crippen LogP contribution < -0.4 is 5.32 Å². The van der Waals surface area contributed by atoms with Gasteiger partial charge in [0.25, 0.3) is 5.91 Å². The fraction of sp³-hybridized carbons (Fsp3) is 0.263. The molecule has 3 aromatic rings. The first-order chi connectivity index (χ1) is 12.0. The summed E-state index contributed by atoms with van der Waals surface area (Å²) in [5.74, 6) is -0.291. The summed E-state index contributed by atoms with van der Waals surface area (Å²) < 4.78 is 1.85. The van der Waals surface area contributed by atoms with Crippen LogP contribution in [0.15, 0.2) is 42.5 Å². The number of benzene rings is 2. The molecule has 3 N–H and O–H groups in total. The van der Waals surface area contributed by atoms with Gasteiger partial charge in [0.2, 0.25) is 0 Å². The second kappa shape index (κ2) is 7.04. The topological polar surface area (TPSA) is 87.4 Å². The highest BCUT2D eigenvalue weighted by Crippen LogP contribution is 2.28. The van der Waals surface area contributed by atoms with Crippen LogP contribution in [0.2, 0.25) is 0 Å². The molecule has 0 fully saturated rings. The van der Waals surface area contributed by atoms with Gasteiger partial charge in [-0.1, -0.05) is 23.8 Å². The molecule has 0 saturated heterocycles. The maximum absolute atomic E-state index is 12.1. The first-order valence-electron chi connectivity index (χ1n) is 8.10. The molecule has 130 valence electrons. The number of nitrogens with zero attached hydrogens (tertiary/aromatic N) is 2. The Morgan fingerprint density at radius 3 is 2.64 bits per heavy atom. The molecular formula is C19H21N3O3. The minimum atomic E-state index is -0.952. The molecule has 1 aromatic heterocycles. The quantitative estimate of drug-likeness (QED) is 0.659. The van der Waals surface area contributed by atoms with Gasteiger partial charge >= 0.3 is 0 Å². The van der Waals surface area contributed by atoms with Crippen LogP contribution in [-0.2, 0) is 7.05 Å². The summed E-state index contributed by atoms with van der Waals surface area (Å²) in [4.78, 5) is 12.1. The molecule has 0 spiro atoms. The second-order valence-corrected chi connectivity index (χ2v) is 6.12. The summed E-state index contributed by atoms with van der Waals surface area (Å²) in [5, 5.41) is 26.3. The predicted octanol–water partition coefficient (Wildman–Crippen LogP) is 1.63. The van der Waals surface area contributed by atoms with Crippen molar-refractivity contribution in [2.45, 2.75) is 13.0 Å². The number of carbonyl (C=O) groups excluding carboxylic acids is 1. The molecule has 25 heavy (non-hydrogen) atoms. The van der Waals surface area contributed by atoms with E-state index >= 15 is 0 Å². The van der Waals surface area contributed by atoms with Crippen molar-refractivity contribution in [2.75, 3.05) is 13.2 Å². The van der Waals surface area contributed by atoms with E-state index in [0.717, 1.165) is 22.2 Å². The minimum absolute atomic E-state index is 0.0151. The minimum Gasteiger partial charge on any atom is -0.394 e. The number of carbonyl (C=O) groups is 1. The largest absolute Gasteiger partial charge is 0.394 e. The number of aliphatic hydroxyl groups is 2. The summed E-state index contributed by atoms with van der Waals surface area (Å²) in [6.07, 6.45) is -0.952. The van der Waals surface area contributed by atoms with Crippen LogP contribution in [-0.4, -0.2) is 45.2 Å². The predicted molar refractivity (Wildman–Crippen MR) is 96.3 cm³/mol. The van der Waals surface area contributed by atoms with Gasteiger partial charge in [-0.3, -0.25) is 9.48 Å². The molecule has 6 nitrogen and oxygen atoms in total. The number of aliphatic hydroxyl groups excluding tert-OH is 2. The lowest BCUT2D eigenvalue weighted by Crippen LogP contribution is -2.33. The van der Waals surface area contributed by atoms with Crippen molar-refractivity contribution >= 4 is 16.8 Å². The van der Waals surface area contributed by atoms with Crippen LogP contribution in [0.4, 0.5) is 0 Å². The number of aromatic nitrogens is 2. The third-order valence-corrected chi connectivity index (χ3v) is 4.14. The standard InChI is InChI=1S/C19H21N3O3/c1-12-3-8-17-16(9-12)18(21-22(17)2)13-4-6-14(7-5-13)19(25)20-10-15(24)11-23/h3-9,15,23-24H,10-11H2,1-2H3,(H,20,25)/t15-/m1/s1. The first-order valence-corrected chi connectivity index (χ1v) is 8.10. The molecule has 0 bridgehead atoms. The number of fused-ring (bicyclic) bond motifs is 1. The molecule has 1 atom stereocenters. The molecule has 1 heterocycles. The van der Waals surface area contributed by atoms with Crippen LogP contribution in [0.25, 0.3) is 22.2 Å². The molecule has 0 aliphatic rings. The monoisotopic (exact) mass is 339 g/mol. The molecule has 1 amide bonds. The highest BCUT2D eigenvalue weighted by atomic mass is 16.3. The molecular weight excluding hydrogens is 318 g/mol. The van der Waals surface area contributed by atoms with Gasteiger partial charge in [0.05, 0.1) is 18.2 Å². The highest BCUT2D eigenvalue weighted by molar-refractivity contribution is 5.96. The number of rotatable bonds is 5. The van der Waals surface area contributed by atoms with Gasteiger partial charge < -0.3 is 15.5 Å². The lowest BCUT2D eigenvalue weighted by molar-refractivity contribution is 0.0802. The van der Waals surface area contributed by atoms with Gasteiger partial charge in [0.15, 0.2) is 0 Å². The van der Waals surface area contributed by atoms with E-state index < -0.39 is 6.10 Å². The van der Waals surface area contributed by atoms with E-state index in [1.807, 2.05) is 30.8 Å². The fourth-order valence-corrected chi connectivity index (χ4v) is 2.75. The van der Waals surface area contributed by atoms with Gasteiger partial charge in [0.1, 0.15) is 5.69 Å². The van der Waals surface area contributed by atoms with Gasteiger partial charge in [-0.15, -0.1) is 0 Å². The average molecular weight is 339 g/mol.